The Labute approximate surface area is 179 Å². The molecule has 32 heavy (non-hydrogen) atoms. The van der Waals surface area contributed by atoms with Gasteiger partial charge in [0, 0.05) is 0 Å². The van der Waals surface area contributed by atoms with Crippen molar-refractivity contribution in [1.82, 2.24) is 0 Å². The fourth-order valence-corrected chi connectivity index (χ4v) is 3.88. The van der Waals surface area contributed by atoms with E-state index in [0.29, 0.717) is 0 Å². The highest BCUT2D eigenvalue weighted by Gasteiger charge is 2.58. The quantitative estimate of drug-likeness (QED) is 0.139. The molecule has 20 heteroatoms. The van der Waals surface area contributed by atoms with Gasteiger partial charge in [-0.25, -0.2) is 9.13 Å². The highest BCUT2D eigenvalue weighted by Crippen LogP contribution is 2.53. The zero-order valence-corrected chi connectivity index (χ0v) is 17.7. The van der Waals surface area contributed by atoms with E-state index in [4.69, 9.17) is 44.0 Å². The summed E-state index contributed by atoms with van der Waals surface area (Å²) in [6.45, 7) is -2.32. The summed E-state index contributed by atoms with van der Waals surface area (Å²) < 4.78 is 37.7. The number of aliphatic hydroxyl groups excluding tert-OH is 8. The van der Waals surface area contributed by atoms with Gasteiger partial charge in [-0.2, -0.15) is 4.31 Å². The summed E-state index contributed by atoms with van der Waals surface area (Å²) in [7, 11) is -10.1. The molecule has 0 amide bonds. The molecular weight excluding hydrogens is 494 g/mol. The molecule has 0 bridgehead atoms. The zero-order valence-electron chi connectivity index (χ0n) is 16.0. The first-order valence-electron chi connectivity index (χ1n) is 8.58. The summed E-state index contributed by atoms with van der Waals surface area (Å²) in [6.07, 6.45) is -12.7. The van der Waals surface area contributed by atoms with E-state index in [9.17, 15) is 39.8 Å². The number of phosphoric acid groups is 2. The predicted molar refractivity (Wildman–Crippen MR) is 93.8 cm³/mol. The minimum Gasteiger partial charge on any atom is -0.394 e. The van der Waals surface area contributed by atoms with Crippen LogP contribution in [0.3, 0.4) is 0 Å². The fourth-order valence-electron chi connectivity index (χ4n) is 2.77. The minimum absolute atomic E-state index is 0.669. The Kier molecular flexibility index (Phi) is 10.7. The third-order valence-electron chi connectivity index (χ3n) is 4.28. The van der Waals surface area contributed by atoms with Crippen molar-refractivity contribution in [3.8, 4) is 0 Å². The molecule has 18 nitrogen and oxygen atoms in total. The van der Waals surface area contributed by atoms with Crippen LogP contribution in [0.4, 0.5) is 0 Å². The SMILES string of the molecule is O=P(O)(O)OP(=O)(O)O.OC[C@H]1O[C@@](CO)(O[C@H]2O[C@H](CO)[C@@H](O)[C@H](O)[C@H]2O)[C@@H](O)[C@@H]1O. The number of aliphatic hydroxyl groups is 8. The van der Waals surface area contributed by atoms with Gasteiger partial charge in [0.2, 0.25) is 5.79 Å². The molecule has 192 valence electrons. The second-order valence-corrected chi connectivity index (χ2v) is 9.24. The summed E-state index contributed by atoms with van der Waals surface area (Å²) in [4.78, 5) is 31.0. The highest BCUT2D eigenvalue weighted by atomic mass is 31.3. The monoisotopic (exact) mass is 520 g/mol. The standard InChI is InChI=1S/C12H22O11.H4O7P2/c13-1-4-6(16)8(18)9(19)11(21-4)23-12(3-15)10(20)7(17)5(2-14)22-12;1-8(2,3)7-9(4,5)6/h4-11,13-20H,1-3H2;(H2,1,2,3)(H2,4,5,6)/t4-,5-,6-,7-,8+,9-,10+,11-,12+;/m1./s1. The van der Waals surface area contributed by atoms with Gasteiger partial charge < -0.3 is 74.6 Å². The van der Waals surface area contributed by atoms with Gasteiger partial charge >= 0.3 is 15.6 Å². The first-order chi connectivity index (χ1) is 14.5. The highest BCUT2D eigenvalue weighted by molar-refractivity contribution is 7.60. The van der Waals surface area contributed by atoms with Gasteiger partial charge in [0.25, 0.3) is 0 Å². The number of ether oxygens (including phenoxy) is 3. The lowest BCUT2D eigenvalue weighted by Crippen LogP contribution is -2.62. The molecular formula is C12H26O18P2. The fraction of sp³-hybridized carbons (Fsp3) is 1.00. The molecule has 0 saturated carbocycles. The van der Waals surface area contributed by atoms with Crippen LogP contribution in [0.25, 0.3) is 0 Å². The van der Waals surface area contributed by atoms with Crippen molar-refractivity contribution in [3.63, 3.8) is 0 Å². The second-order valence-electron chi connectivity index (χ2n) is 6.62. The summed E-state index contributed by atoms with van der Waals surface area (Å²) >= 11 is 0. The van der Waals surface area contributed by atoms with Crippen molar-refractivity contribution in [2.45, 2.75) is 54.8 Å². The maximum Gasteiger partial charge on any atom is 0.478 e. The molecule has 0 spiro atoms. The number of rotatable bonds is 7. The Morgan fingerprint density at radius 2 is 1.25 bits per heavy atom. The molecule has 0 aromatic carbocycles. The van der Waals surface area contributed by atoms with Gasteiger partial charge in [-0.15, -0.1) is 0 Å². The van der Waals surface area contributed by atoms with Crippen molar-refractivity contribution in [2.75, 3.05) is 19.8 Å². The van der Waals surface area contributed by atoms with E-state index in [1.54, 1.807) is 0 Å². The molecule has 0 aliphatic carbocycles. The van der Waals surface area contributed by atoms with E-state index in [1.165, 1.54) is 0 Å². The van der Waals surface area contributed by atoms with Crippen molar-refractivity contribution in [2.24, 2.45) is 0 Å². The van der Waals surface area contributed by atoms with Crippen LogP contribution in [0.2, 0.25) is 0 Å². The van der Waals surface area contributed by atoms with E-state index in [0.717, 1.165) is 0 Å². The molecule has 0 radical (unpaired) electrons. The van der Waals surface area contributed by atoms with E-state index in [-0.39, 0.29) is 0 Å². The molecule has 2 heterocycles. The summed E-state index contributed by atoms with van der Waals surface area (Å²) in [5.41, 5.74) is 0. The van der Waals surface area contributed by atoms with Crippen LogP contribution in [0.5, 0.6) is 0 Å². The van der Waals surface area contributed by atoms with Gasteiger partial charge in [-0.3, -0.25) is 0 Å². The molecule has 12 N–H and O–H groups in total. The van der Waals surface area contributed by atoms with E-state index < -0.39 is 90.3 Å². The van der Waals surface area contributed by atoms with Gasteiger partial charge in [-0.1, -0.05) is 0 Å². The van der Waals surface area contributed by atoms with Crippen LogP contribution in [-0.2, 0) is 27.7 Å². The third-order valence-corrected chi connectivity index (χ3v) is 5.98. The number of hydrogen-bond donors (Lipinski definition) is 12. The van der Waals surface area contributed by atoms with Gasteiger partial charge in [0.05, 0.1) is 13.2 Å². The van der Waals surface area contributed by atoms with Crippen molar-refractivity contribution < 1.29 is 88.1 Å². The van der Waals surface area contributed by atoms with E-state index >= 15 is 0 Å². The normalized spacial score (nSPS) is 40.6. The van der Waals surface area contributed by atoms with Crippen LogP contribution in [0.15, 0.2) is 0 Å². The number of hydrogen-bond acceptors (Lipinski definition) is 14. The molecule has 9 atom stereocenters. The van der Waals surface area contributed by atoms with Crippen LogP contribution in [-0.4, -0.2) is 135 Å². The lowest BCUT2D eigenvalue weighted by atomic mass is 9.99. The second kappa shape index (κ2) is 11.5. The lowest BCUT2D eigenvalue weighted by molar-refractivity contribution is -0.383. The largest absolute Gasteiger partial charge is 0.478 e. The van der Waals surface area contributed by atoms with E-state index in [1.807, 2.05) is 0 Å². The van der Waals surface area contributed by atoms with Crippen LogP contribution >= 0.6 is 15.6 Å². The smallest absolute Gasteiger partial charge is 0.394 e. The Balaban J connectivity index is 0.000000482. The van der Waals surface area contributed by atoms with Crippen molar-refractivity contribution >= 4 is 15.6 Å². The molecule has 2 saturated heterocycles. The maximum absolute atomic E-state index is 10.00. The first kappa shape index (κ1) is 29.9. The summed E-state index contributed by atoms with van der Waals surface area (Å²) in [5, 5.41) is 76.7. The average molecular weight is 520 g/mol. The maximum atomic E-state index is 10.00. The Bertz CT molecular complexity index is 659. The Morgan fingerprint density at radius 3 is 1.59 bits per heavy atom. The van der Waals surface area contributed by atoms with E-state index in [2.05, 4.69) is 4.31 Å². The molecule has 2 fully saturated rings. The first-order valence-corrected chi connectivity index (χ1v) is 11.6. The molecule has 2 aliphatic rings. The average Bonchev–Trinajstić information content (AvgIpc) is 2.91. The molecule has 0 unspecified atom stereocenters. The molecule has 0 aromatic heterocycles. The summed E-state index contributed by atoms with van der Waals surface area (Å²) in [6, 6.07) is 0. The Morgan fingerprint density at radius 1 is 0.750 bits per heavy atom. The van der Waals surface area contributed by atoms with Crippen molar-refractivity contribution in [1.29, 1.82) is 0 Å². The topological polar surface area (TPSA) is 314 Å². The molecule has 2 rings (SSSR count). The minimum atomic E-state index is -5.05. The lowest BCUT2D eigenvalue weighted by Gasteiger charge is -2.43. The van der Waals surface area contributed by atoms with Crippen LogP contribution < -0.4 is 0 Å². The molecule has 2 aliphatic heterocycles. The third kappa shape index (κ3) is 7.67. The predicted octanol–water partition coefficient (Wildman–Crippen LogP) is -6.21. The van der Waals surface area contributed by atoms with Gasteiger partial charge in [0.1, 0.15) is 49.3 Å². The van der Waals surface area contributed by atoms with Crippen LogP contribution in [0.1, 0.15) is 0 Å². The Hall–Kier alpha value is -0.180. The van der Waals surface area contributed by atoms with Crippen LogP contribution in [0, 0.1) is 0 Å². The zero-order chi connectivity index (χ0) is 25.1. The van der Waals surface area contributed by atoms with Gasteiger partial charge in [0.15, 0.2) is 6.29 Å². The summed E-state index contributed by atoms with van der Waals surface area (Å²) in [5.74, 6) is -2.22. The van der Waals surface area contributed by atoms with Crippen molar-refractivity contribution in [3.05, 3.63) is 0 Å². The molecule has 0 aromatic rings. The van der Waals surface area contributed by atoms with Gasteiger partial charge in [-0.05, 0) is 0 Å².